The summed E-state index contributed by atoms with van der Waals surface area (Å²) in [5.74, 6) is -0.395. The molecule has 0 aliphatic carbocycles. The molecule has 0 saturated carbocycles. The molecule has 114 heavy (non-hydrogen) atoms. The second kappa shape index (κ2) is 77.3. The van der Waals surface area contributed by atoms with Crippen molar-refractivity contribution in [2.45, 2.75) is 78.2 Å². The van der Waals surface area contributed by atoms with Crippen molar-refractivity contribution in [3.05, 3.63) is 65.7 Å². The zero-order valence-electron chi connectivity index (χ0n) is 68.7. The number of aliphatic imine (C=N–C) groups is 1. The molecular formula is C78H137N5O31. The molecule has 0 aliphatic heterocycles. The van der Waals surface area contributed by atoms with E-state index < -0.39 is 35.4 Å². The second-order valence-electron chi connectivity index (χ2n) is 26.0. The van der Waals surface area contributed by atoms with Crippen LogP contribution in [0.4, 0.5) is 9.59 Å². The lowest BCUT2D eigenvalue weighted by molar-refractivity contribution is -0.149. The maximum Gasteiger partial charge on any atom is 0.414 e. The normalized spacial score (nSPS) is 11.9. The van der Waals surface area contributed by atoms with Gasteiger partial charge in [0.2, 0.25) is 11.9 Å². The number of amides is 3. The van der Waals surface area contributed by atoms with Crippen LogP contribution in [0.5, 0.6) is 5.75 Å². The molecule has 0 unspecified atom stereocenters. The van der Waals surface area contributed by atoms with E-state index >= 15 is 0 Å². The lowest BCUT2D eigenvalue weighted by Crippen LogP contribution is -2.47. The van der Waals surface area contributed by atoms with Crippen LogP contribution in [0.25, 0.3) is 0 Å². The van der Waals surface area contributed by atoms with Gasteiger partial charge in [0.25, 0.3) is 0 Å². The van der Waals surface area contributed by atoms with Crippen LogP contribution in [-0.4, -0.2) is 371 Å². The standard InChI is InChI=1S/C78H137N5O31/c1-77(2,3)113-75(86)82-74(83-76(87)114-78(4,5)6)80-18-21-90-24-27-93-30-33-96-36-39-99-42-45-102-48-51-105-54-55-106-56-57-107-58-59-108-60-61-109-62-63-110-64-65-111-70-14-12-68(13-15-70)66-71(73(85)112-67-69-10-8-7-9-11-69)81-72(84)16-19-88-22-25-91-28-31-94-34-37-97-40-43-100-46-49-103-52-53-104-50-47-101-44-41-98-38-35-95-32-29-92-26-23-89-20-17-79/h7-15,71H,16-67,79H2,1-6H3,(H,81,84)(H2,80,82,83,86,87)/t71-/m0/s1. The van der Waals surface area contributed by atoms with Crippen molar-refractivity contribution in [3.8, 4) is 5.75 Å². The molecule has 0 spiro atoms. The maximum atomic E-state index is 13.4. The Morgan fingerprint density at radius 3 is 0.895 bits per heavy atom. The van der Waals surface area contributed by atoms with Crippen LogP contribution in [0.15, 0.2) is 59.6 Å². The SMILES string of the molecule is CC(C)(C)OC(=O)NC(=NCCOCCOCCOCCOCCOCCOCCOCCOCCOCCOCCOCCOc1ccc(C[C@H](NC(=O)CCOCCOCCOCCOCCOCCOCCOCCOCCOCCOCCOCCOCCN)C(=O)OCc2ccccc2)cc1)NC(=O)OC(C)(C)C. The van der Waals surface area contributed by atoms with E-state index in [-0.39, 0.29) is 57.7 Å². The lowest BCUT2D eigenvalue weighted by Gasteiger charge is -2.22. The fourth-order valence-electron chi connectivity index (χ4n) is 8.67. The topological polar surface area (TPSA) is 392 Å². The van der Waals surface area contributed by atoms with Gasteiger partial charge in [0.15, 0.2) is 0 Å². The van der Waals surface area contributed by atoms with Gasteiger partial charge in [0.05, 0.1) is 310 Å². The Morgan fingerprint density at radius 1 is 0.333 bits per heavy atom. The number of alkyl carbamates (subject to hydrolysis) is 2. The Hall–Kier alpha value is -5.57. The van der Waals surface area contributed by atoms with Gasteiger partial charge in [-0.1, -0.05) is 42.5 Å². The first-order valence-corrected chi connectivity index (χ1v) is 39.4. The van der Waals surface area contributed by atoms with Crippen molar-refractivity contribution in [1.29, 1.82) is 0 Å². The average Bonchev–Trinajstić information content (AvgIpc) is 0.879. The highest BCUT2D eigenvalue weighted by atomic mass is 16.6. The molecule has 0 saturated heterocycles. The summed E-state index contributed by atoms with van der Waals surface area (Å²) in [5.41, 5.74) is 5.51. The summed E-state index contributed by atoms with van der Waals surface area (Å²) >= 11 is 0. The number of guanidine groups is 1. The predicted molar refractivity (Wildman–Crippen MR) is 417 cm³/mol. The quantitative estimate of drug-likeness (QED) is 0.0239. The van der Waals surface area contributed by atoms with Crippen LogP contribution in [0.1, 0.15) is 59.1 Å². The minimum Gasteiger partial charge on any atom is -0.491 e. The molecule has 0 aromatic heterocycles. The molecule has 0 bridgehead atoms. The minimum absolute atomic E-state index is 0.0389. The number of carbonyl (C=O) groups is 4. The fourth-order valence-corrected chi connectivity index (χ4v) is 8.67. The van der Waals surface area contributed by atoms with Crippen LogP contribution >= 0.6 is 0 Å². The van der Waals surface area contributed by atoms with Crippen LogP contribution in [0, 0.1) is 0 Å². The van der Waals surface area contributed by atoms with Crippen LogP contribution in [0.2, 0.25) is 0 Å². The first kappa shape index (κ1) is 105. The summed E-state index contributed by atoms with van der Waals surface area (Å²) in [6.45, 7) is 30.9. The molecule has 660 valence electrons. The third-order valence-electron chi connectivity index (χ3n) is 14.0. The number of carbonyl (C=O) groups excluding carboxylic acids is 4. The Morgan fingerprint density at radius 2 is 0.605 bits per heavy atom. The molecule has 5 N–H and O–H groups in total. The minimum atomic E-state index is -0.933. The van der Waals surface area contributed by atoms with Gasteiger partial charge in [0.1, 0.15) is 36.2 Å². The zero-order valence-corrected chi connectivity index (χ0v) is 68.7. The molecule has 36 heteroatoms. The van der Waals surface area contributed by atoms with Crippen LogP contribution < -0.4 is 26.4 Å². The monoisotopic (exact) mass is 1640 g/mol. The highest BCUT2D eigenvalue weighted by Crippen LogP contribution is 2.15. The van der Waals surface area contributed by atoms with E-state index in [1.807, 2.05) is 42.5 Å². The van der Waals surface area contributed by atoms with Gasteiger partial charge in [-0.15, -0.1) is 0 Å². The molecule has 3 amide bonds. The first-order chi connectivity index (χ1) is 55.6. The zero-order chi connectivity index (χ0) is 82.2. The van der Waals surface area contributed by atoms with Crippen LogP contribution in [0.3, 0.4) is 0 Å². The number of esters is 1. The summed E-state index contributed by atoms with van der Waals surface area (Å²) in [5, 5.41) is 7.67. The number of nitrogens with one attached hydrogen (secondary N) is 3. The molecule has 0 radical (unpaired) electrons. The Labute approximate surface area is 674 Å². The average molecular weight is 1640 g/mol. The van der Waals surface area contributed by atoms with E-state index in [4.69, 9.17) is 134 Å². The van der Waals surface area contributed by atoms with Gasteiger partial charge < -0.3 is 139 Å². The van der Waals surface area contributed by atoms with Crippen molar-refractivity contribution >= 4 is 30.0 Å². The summed E-state index contributed by atoms with van der Waals surface area (Å²) in [6.07, 6.45) is -1.30. The largest absolute Gasteiger partial charge is 0.491 e. The predicted octanol–water partition coefficient (Wildman–Crippen LogP) is 3.97. The fraction of sp³-hybridized carbons (Fsp3) is 0.782. The van der Waals surface area contributed by atoms with Gasteiger partial charge in [0, 0.05) is 19.4 Å². The summed E-state index contributed by atoms with van der Waals surface area (Å²) in [4.78, 5) is 55.0. The number of nitrogens with two attached hydrogens (primary N) is 1. The third kappa shape index (κ3) is 74.0. The van der Waals surface area contributed by atoms with Crippen molar-refractivity contribution < 1.29 is 147 Å². The van der Waals surface area contributed by atoms with E-state index in [1.54, 1.807) is 53.7 Å². The number of nitrogens with zero attached hydrogens (tertiary/aromatic N) is 1. The van der Waals surface area contributed by atoms with Crippen molar-refractivity contribution in [3.63, 3.8) is 0 Å². The number of benzene rings is 2. The van der Waals surface area contributed by atoms with Gasteiger partial charge in [-0.25, -0.2) is 19.4 Å². The molecule has 0 fully saturated rings. The number of hydrogen-bond donors (Lipinski definition) is 4. The van der Waals surface area contributed by atoms with Crippen LogP contribution in [-0.2, 0) is 146 Å². The molecule has 36 nitrogen and oxygen atoms in total. The summed E-state index contributed by atoms with van der Waals surface area (Å²) < 4.78 is 149. The number of ether oxygens (including phenoxy) is 27. The third-order valence-corrected chi connectivity index (χ3v) is 14.0. The molecular weight excluding hydrogens is 1500 g/mol. The molecule has 2 aromatic rings. The van der Waals surface area contributed by atoms with E-state index in [1.165, 1.54) is 0 Å². The molecule has 1 atom stereocenters. The molecule has 0 aliphatic rings. The van der Waals surface area contributed by atoms with Gasteiger partial charge in [-0.3, -0.25) is 15.4 Å². The summed E-state index contributed by atoms with van der Waals surface area (Å²) in [7, 11) is 0. The van der Waals surface area contributed by atoms with Crippen molar-refractivity contribution in [1.82, 2.24) is 16.0 Å². The number of hydrogen-bond acceptors (Lipinski definition) is 33. The molecule has 0 heterocycles. The second-order valence-corrected chi connectivity index (χ2v) is 26.0. The van der Waals surface area contributed by atoms with Crippen molar-refractivity contribution in [2.24, 2.45) is 10.7 Å². The smallest absolute Gasteiger partial charge is 0.414 e. The van der Waals surface area contributed by atoms with E-state index in [9.17, 15) is 19.2 Å². The summed E-state index contributed by atoms with van der Waals surface area (Å²) in [6, 6.07) is 15.7. The highest BCUT2D eigenvalue weighted by Gasteiger charge is 2.24. The van der Waals surface area contributed by atoms with Gasteiger partial charge in [-0.2, -0.15) is 0 Å². The maximum absolute atomic E-state index is 13.4. The first-order valence-electron chi connectivity index (χ1n) is 39.4. The molecule has 2 rings (SSSR count). The van der Waals surface area contributed by atoms with E-state index in [2.05, 4.69) is 20.9 Å². The Bertz CT molecular complexity index is 2500. The van der Waals surface area contributed by atoms with Crippen molar-refractivity contribution in [2.75, 3.05) is 324 Å². The number of rotatable bonds is 81. The molecule has 2 aromatic carbocycles. The van der Waals surface area contributed by atoms with Gasteiger partial charge in [-0.05, 0) is 64.8 Å². The Kier molecular flexibility index (Phi) is 70.9. The highest BCUT2D eigenvalue weighted by molar-refractivity contribution is 6.01. The van der Waals surface area contributed by atoms with E-state index in [0.29, 0.717) is 303 Å². The van der Waals surface area contributed by atoms with Gasteiger partial charge >= 0.3 is 18.2 Å². The lowest BCUT2D eigenvalue weighted by atomic mass is 10.1. The Balaban J connectivity index is 1.35. The van der Waals surface area contributed by atoms with E-state index in [0.717, 1.165) is 11.1 Å².